The van der Waals surface area contributed by atoms with Gasteiger partial charge >= 0.3 is 0 Å². The fourth-order valence-corrected chi connectivity index (χ4v) is 6.23. The lowest BCUT2D eigenvalue weighted by Gasteiger charge is -2.30. The van der Waals surface area contributed by atoms with Gasteiger partial charge in [0.1, 0.15) is 0 Å². The zero-order valence-corrected chi connectivity index (χ0v) is 24.8. The van der Waals surface area contributed by atoms with Crippen LogP contribution in [0.15, 0.2) is 48.7 Å². The van der Waals surface area contributed by atoms with Crippen molar-refractivity contribution in [3.8, 4) is 0 Å². The first-order chi connectivity index (χ1) is 18.7. The van der Waals surface area contributed by atoms with Gasteiger partial charge in [-0.15, -0.1) is 0 Å². The minimum Gasteiger partial charge on any atom is -0.401 e. The highest BCUT2D eigenvalue weighted by molar-refractivity contribution is 5.83. The first-order valence-electron chi connectivity index (χ1n) is 15.2. The molecular formula is C33H52N4O2. The van der Waals surface area contributed by atoms with E-state index in [1.807, 2.05) is 22.9 Å². The maximum absolute atomic E-state index is 13.6. The number of nitrogens with two attached hydrogens (primary N) is 1. The summed E-state index contributed by atoms with van der Waals surface area (Å²) in [5.41, 5.74) is 9.25. The van der Waals surface area contributed by atoms with Crippen molar-refractivity contribution in [1.29, 1.82) is 0 Å². The second kappa shape index (κ2) is 15.3. The average molecular weight is 537 g/mol. The topological polar surface area (TPSA) is 78.7 Å². The molecule has 1 aromatic carbocycles. The summed E-state index contributed by atoms with van der Waals surface area (Å²) in [6.45, 7) is 12.8. The summed E-state index contributed by atoms with van der Waals surface area (Å²) >= 11 is 0. The quantitative estimate of drug-likeness (QED) is 0.246. The summed E-state index contributed by atoms with van der Waals surface area (Å²) in [4.78, 5) is 30.6. The molecule has 2 aliphatic heterocycles. The Morgan fingerprint density at radius 2 is 1.92 bits per heavy atom. The molecule has 0 bridgehead atoms. The van der Waals surface area contributed by atoms with Crippen molar-refractivity contribution < 1.29 is 9.59 Å². The normalized spacial score (nSPS) is 20.8. The van der Waals surface area contributed by atoms with Gasteiger partial charge in [0.05, 0.1) is 12.1 Å². The average Bonchev–Trinajstić information content (AvgIpc) is 3.35. The number of likely N-dealkylation sites (N-methyl/N-ethyl adjacent to an activating group) is 1. The number of nitrogens with one attached hydrogen (secondary N) is 1. The number of hydrogen-bond acceptors (Lipinski definition) is 4. The van der Waals surface area contributed by atoms with Crippen molar-refractivity contribution >= 4 is 11.8 Å². The number of likely N-dealkylation sites (tertiary alicyclic amines) is 1. The van der Waals surface area contributed by atoms with Crippen molar-refractivity contribution in [2.45, 2.75) is 97.2 Å². The predicted molar refractivity (Wildman–Crippen MR) is 161 cm³/mol. The Labute approximate surface area is 237 Å². The Bertz CT molecular complexity index is 988. The minimum absolute atomic E-state index is 0.0820. The summed E-state index contributed by atoms with van der Waals surface area (Å²) in [6, 6.07) is 7.93. The monoisotopic (exact) mass is 536 g/mol. The molecule has 6 heteroatoms. The molecule has 1 fully saturated rings. The fourth-order valence-electron chi connectivity index (χ4n) is 6.23. The van der Waals surface area contributed by atoms with E-state index in [-0.39, 0.29) is 29.8 Å². The summed E-state index contributed by atoms with van der Waals surface area (Å²) in [5.74, 6) is 1.71. The van der Waals surface area contributed by atoms with Gasteiger partial charge < -0.3 is 20.9 Å². The maximum Gasteiger partial charge on any atom is 0.240 e. The number of unbranched alkanes of at least 4 members (excludes halogenated alkanes) is 3. The minimum atomic E-state index is -0.235. The van der Waals surface area contributed by atoms with E-state index in [1.54, 1.807) is 0 Å². The smallest absolute Gasteiger partial charge is 0.240 e. The molecule has 0 saturated carbocycles. The van der Waals surface area contributed by atoms with Gasteiger partial charge in [0.2, 0.25) is 11.8 Å². The number of carbonyl (C=O) groups is 2. The van der Waals surface area contributed by atoms with Crippen LogP contribution in [0.2, 0.25) is 0 Å². The lowest BCUT2D eigenvalue weighted by Crippen LogP contribution is -2.48. The van der Waals surface area contributed by atoms with Crippen LogP contribution in [0.1, 0.15) is 83.3 Å². The molecule has 2 aliphatic rings. The molecule has 3 rings (SSSR count). The number of amides is 2. The third-order valence-electron chi connectivity index (χ3n) is 8.77. The lowest BCUT2D eigenvalue weighted by atomic mass is 9.92. The second-order valence-corrected chi connectivity index (χ2v) is 11.9. The first kappa shape index (κ1) is 30.9. The van der Waals surface area contributed by atoms with Crippen LogP contribution in [0, 0.1) is 17.8 Å². The van der Waals surface area contributed by atoms with Crippen molar-refractivity contribution in [3.05, 3.63) is 59.8 Å². The SMILES string of the molecule is C=C(N)C1C[C@@H](CC(=O)N2CCc3ccccc3C2)CN1C(=O)[C@H](CCCCC/C=C\[C@H](CC)C(C)C)NC. The molecule has 216 valence electrons. The molecule has 2 heterocycles. The van der Waals surface area contributed by atoms with Gasteiger partial charge in [0, 0.05) is 31.8 Å². The molecule has 1 unspecified atom stereocenters. The number of hydrogen-bond donors (Lipinski definition) is 2. The van der Waals surface area contributed by atoms with E-state index in [1.165, 1.54) is 17.5 Å². The van der Waals surface area contributed by atoms with Crippen LogP contribution >= 0.6 is 0 Å². The Morgan fingerprint density at radius 3 is 2.59 bits per heavy atom. The number of benzene rings is 1. The van der Waals surface area contributed by atoms with Crippen molar-refractivity contribution in [1.82, 2.24) is 15.1 Å². The van der Waals surface area contributed by atoms with Gasteiger partial charge in [-0.25, -0.2) is 0 Å². The highest BCUT2D eigenvalue weighted by atomic mass is 16.2. The molecule has 0 aliphatic carbocycles. The van der Waals surface area contributed by atoms with E-state index < -0.39 is 0 Å². The van der Waals surface area contributed by atoms with E-state index in [4.69, 9.17) is 5.73 Å². The number of carbonyl (C=O) groups excluding carboxylic acids is 2. The molecule has 2 amide bonds. The first-order valence-corrected chi connectivity index (χ1v) is 15.2. The van der Waals surface area contributed by atoms with E-state index in [9.17, 15) is 9.59 Å². The van der Waals surface area contributed by atoms with Gasteiger partial charge in [-0.05, 0) is 74.5 Å². The van der Waals surface area contributed by atoms with Crippen LogP contribution < -0.4 is 11.1 Å². The molecule has 0 radical (unpaired) electrons. The van der Waals surface area contributed by atoms with Crippen LogP contribution in [0.3, 0.4) is 0 Å². The third kappa shape index (κ3) is 8.69. The fraction of sp³-hybridized carbons (Fsp3) is 0.636. The highest BCUT2D eigenvalue weighted by Gasteiger charge is 2.39. The van der Waals surface area contributed by atoms with Crippen LogP contribution in [0.5, 0.6) is 0 Å². The molecule has 1 saturated heterocycles. The standard InChI is InChI=1S/C33H52N4O2/c1-6-27(24(2)3)14-10-8-7-9-11-17-30(35-5)33(39)37-22-26(20-31(37)25(4)34)21-32(38)36-19-18-28-15-12-13-16-29(28)23-36/h10,12-16,24,26-27,30-31,35H,4,6-9,11,17-23,34H2,1-3,5H3/b14-10-/t26-,27-,30-,31?/m0/s1. The molecule has 0 aromatic heterocycles. The Balaban J connectivity index is 1.47. The van der Waals surface area contributed by atoms with Crippen LogP contribution in [-0.2, 0) is 22.6 Å². The van der Waals surface area contributed by atoms with Crippen LogP contribution in [0.4, 0.5) is 0 Å². The van der Waals surface area contributed by atoms with E-state index in [2.05, 4.69) is 63.0 Å². The molecule has 3 N–H and O–H groups in total. The largest absolute Gasteiger partial charge is 0.401 e. The Hall–Kier alpha value is -2.60. The second-order valence-electron chi connectivity index (χ2n) is 11.9. The highest BCUT2D eigenvalue weighted by Crippen LogP contribution is 2.31. The molecule has 0 spiro atoms. The molecule has 1 aromatic rings. The number of allylic oxidation sites excluding steroid dienone is 2. The summed E-state index contributed by atoms with van der Waals surface area (Å²) < 4.78 is 0. The summed E-state index contributed by atoms with van der Waals surface area (Å²) in [7, 11) is 1.86. The third-order valence-corrected chi connectivity index (χ3v) is 8.77. The molecular weight excluding hydrogens is 484 g/mol. The van der Waals surface area contributed by atoms with Gasteiger partial charge in [-0.2, -0.15) is 0 Å². The molecule has 6 nitrogen and oxygen atoms in total. The van der Waals surface area contributed by atoms with Crippen molar-refractivity contribution in [2.24, 2.45) is 23.5 Å². The zero-order valence-electron chi connectivity index (χ0n) is 24.8. The van der Waals surface area contributed by atoms with Crippen LogP contribution in [-0.4, -0.2) is 53.8 Å². The Morgan fingerprint density at radius 1 is 1.18 bits per heavy atom. The van der Waals surface area contributed by atoms with Crippen molar-refractivity contribution in [2.75, 3.05) is 20.1 Å². The van der Waals surface area contributed by atoms with E-state index in [0.717, 1.165) is 45.1 Å². The summed E-state index contributed by atoms with van der Waals surface area (Å²) in [6.07, 6.45) is 13.1. The molecule has 4 atom stereocenters. The molecule has 39 heavy (non-hydrogen) atoms. The van der Waals surface area contributed by atoms with E-state index >= 15 is 0 Å². The van der Waals surface area contributed by atoms with Gasteiger partial charge in [-0.3, -0.25) is 9.59 Å². The summed E-state index contributed by atoms with van der Waals surface area (Å²) in [5, 5.41) is 3.24. The van der Waals surface area contributed by atoms with E-state index in [0.29, 0.717) is 43.5 Å². The Kier molecular flexibility index (Phi) is 12.1. The van der Waals surface area contributed by atoms with Gasteiger partial charge in [-0.1, -0.05) is 76.6 Å². The lowest BCUT2D eigenvalue weighted by molar-refractivity contribution is -0.135. The predicted octanol–water partition coefficient (Wildman–Crippen LogP) is 5.43. The van der Waals surface area contributed by atoms with Crippen LogP contribution in [0.25, 0.3) is 0 Å². The zero-order chi connectivity index (χ0) is 28.4. The van der Waals surface area contributed by atoms with Crippen molar-refractivity contribution in [3.63, 3.8) is 0 Å². The van der Waals surface area contributed by atoms with Gasteiger partial charge in [0.25, 0.3) is 0 Å². The van der Waals surface area contributed by atoms with Gasteiger partial charge in [0.15, 0.2) is 0 Å². The number of fused-ring (bicyclic) bond motifs is 1. The number of nitrogens with zero attached hydrogens (tertiary/aromatic N) is 2. The maximum atomic E-state index is 13.6. The number of rotatable bonds is 14.